The van der Waals surface area contributed by atoms with Gasteiger partial charge in [-0.2, -0.15) is 0 Å². The SMILES string of the molecule is C[C@@H](NCc1cscn1)c1ccc(F)cc1. The molecule has 0 saturated carbocycles. The van der Waals surface area contributed by atoms with Gasteiger partial charge in [-0.3, -0.25) is 0 Å². The average Bonchev–Trinajstić information content (AvgIpc) is 2.80. The van der Waals surface area contributed by atoms with Gasteiger partial charge < -0.3 is 5.32 Å². The molecule has 0 saturated heterocycles. The lowest BCUT2D eigenvalue weighted by molar-refractivity contribution is 0.566. The normalized spacial score (nSPS) is 12.6. The molecule has 1 aromatic carbocycles. The minimum atomic E-state index is -0.199. The highest BCUT2D eigenvalue weighted by atomic mass is 32.1. The van der Waals surface area contributed by atoms with Crippen LogP contribution in [0.2, 0.25) is 0 Å². The summed E-state index contributed by atoms with van der Waals surface area (Å²) in [6.45, 7) is 2.79. The van der Waals surface area contributed by atoms with Crippen LogP contribution >= 0.6 is 11.3 Å². The first-order valence-electron chi connectivity index (χ1n) is 5.11. The second-order valence-corrected chi connectivity index (χ2v) is 4.35. The maximum atomic E-state index is 12.7. The molecular weight excluding hydrogens is 223 g/mol. The molecule has 0 spiro atoms. The quantitative estimate of drug-likeness (QED) is 0.882. The first-order chi connectivity index (χ1) is 7.75. The lowest BCUT2D eigenvalue weighted by Gasteiger charge is -2.13. The van der Waals surface area contributed by atoms with Gasteiger partial charge in [0.1, 0.15) is 5.82 Å². The Hall–Kier alpha value is -1.26. The summed E-state index contributed by atoms with van der Waals surface area (Å²) in [5.41, 5.74) is 3.94. The minimum Gasteiger partial charge on any atom is -0.305 e. The van der Waals surface area contributed by atoms with Crippen LogP contribution in [0, 0.1) is 5.82 Å². The zero-order chi connectivity index (χ0) is 11.4. The molecule has 1 atom stereocenters. The molecule has 0 aliphatic carbocycles. The van der Waals surface area contributed by atoms with Crippen LogP contribution in [-0.4, -0.2) is 4.98 Å². The smallest absolute Gasteiger partial charge is 0.123 e. The van der Waals surface area contributed by atoms with Crippen LogP contribution in [0.3, 0.4) is 0 Å². The third kappa shape index (κ3) is 2.87. The summed E-state index contributed by atoms with van der Waals surface area (Å²) in [6, 6.07) is 6.76. The van der Waals surface area contributed by atoms with Crippen molar-refractivity contribution in [2.24, 2.45) is 0 Å². The number of nitrogens with one attached hydrogen (secondary N) is 1. The molecule has 16 heavy (non-hydrogen) atoms. The summed E-state index contributed by atoms with van der Waals surface area (Å²) in [5.74, 6) is -0.199. The van der Waals surface area contributed by atoms with Crippen molar-refractivity contribution in [1.29, 1.82) is 0 Å². The van der Waals surface area contributed by atoms with Crippen LogP contribution in [0.15, 0.2) is 35.2 Å². The summed E-state index contributed by atoms with van der Waals surface area (Å²) in [5, 5.41) is 5.36. The van der Waals surface area contributed by atoms with Gasteiger partial charge >= 0.3 is 0 Å². The van der Waals surface area contributed by atoms with Gasteiger partial charge in [0, 0.05) is 18.0 Å². The molecule has 1 aromatic heterocycles. The summed E-state index contributed by atoms with van der Waals surface area (Å²) < 4.78 is 12.7. The Bertz CT molecular complexity index is 425. The molecule has 2 aromatic rings. The van der Waals surface area contributed by atoms with Crippen LogP contribution in [0.25, 0.3) is 0 Å². The number of aromatic nitrogens is 1. The van der Waals surface area contributed by atoms with E-state index in [4.69, 9.17) is 0 Å². The Morgan fingerprint density at radius 1 is 1.38 bits per heavy atom. The van der Waals surface area contributed by atoms with Crippen molar-refractivity contribution >= 4 is 11.3 Å². The Morgan fingerprint density at radius 2 is 2.12 bits per heavy atom. The Kier molecular flexibility index (Phi) is 3.64. The zero-order valence-electron chi connectivity index (χ0n) is 8.98. The molecule has 84 valence electrons. The van der Waals surface area contributed by atoms with E-state index < -0.39 is 0 Å². The standard InChI is InChI=1S/C12H13FN2S/c1-9(10-2-4-11(13)5-3-10)14-6-12-7-16-8-15-12/h2-5,7-9,14H,6H2,1H3/t9-/m1/s1. The molecule has 4 heteroatoms. The number of thiazole rings is 1. The Balaban J connectivity index is 1.93. The second kappa shape index (κ2) is 5.18. The summed E-state index contributed by atoms with van der Waals surface area (Å²) >= 11 is 1.59. The Morgan fingerprint density at radius 3 is 2.75 bits per heavy atom. The fraction of sp³-hybridized carbons (Fsp3) is 0.250. The van der Waals surface area contributed by atoms with Gasteiger partial charge in [-0.05, 0) is 24.6 Å². The van der Waals surface area contributed by atoms with Crippen molar-refractivity contribution in [3.8, 4) is 0 Å². The molecule has 0 aliphatic heterocycles. The number of halogens is 1. The third-order valence-electron chi connectivity index (χ3n) is 2.44. The predicted octanol–water partition coefficient (Wildman–Crippen LogP) is 3.13. The molecule has 2 nitrogen and oxygen atoms in total. The minimum absolute atomic E-state index is 0.197. The monoisotopic (exact) mass is 236 g/mol. The fourth-order valence-electron chi connectivity index (χ4n) is 1.45. The van der Waals surface area contributed by atoms with E-state index in [0.717, 1.165) is 17.8 Å². The van der Waals surface area contributed by atoms with Crippen molar-refractivity contribution in [3.63, 3.8) is 0 Å². The number of rotatable bonds is 4. The molecule has 0 bridgehead atoms. The topological polar surface area (TPSA) is 24.9 Å². The maximum absolute atomic E-state index is 12.7. The van der Waals surface area contributed by atoms with Crippen molar-refractivity contribution in [2.75, 3.05) is 0 Å². The van der Waals surface area contributed by atoms with Crippen LogP contribution in [0.5, 0.6) is 0 Å². The average molecular weight is 236 g/mol. The molecule has 0 unspecified atom stereocenters. The van der Waals surface area contributed by atoms with E-state index >= 15 is 0 Å². The van der Waals surface area contributed by atoms with Crippen LogP contribution in [0.4, 0.5) is 4.39 Å². The highest BCUT2D eigenvalue weighted by molar-refractivity contribution is 7.07. The van der Waals surface area contributed by atoms with Gasteiger partial charge in [-0.25, -0.2) is 9.37 Å². The fourth-order valence-corrected chi connectivity index (χ4v) is 2.01. The van der Waals surface area contributed by atoms with Crippen LogP contribution in [-0.2, 0) is 6.54 Å². The van der Waals surface area contributed by atoms with Gasteiger partial charge in [0.25, 0.3) is 0 Å². The van der Waals surface area contributed by atoms with Crippen molar-refractivity contribution in [3.05, 3.63) is 52.2 Å². The van der Waals surface area contributed by atoms with Gasteiger partial charge in [0.05, 0.1) is 11.2 Å². The lowest BCUT2D eigenvalue weighted by atomic mass is 10.1. The third-order valence-corrected chi connectivity index (χ3v) is 3.08. The van der Waals surface area contributed by atoms with E-state index in [2.05, 4.69) is 17.2 Å². The number of hydrogen-bond donors (Lipinski definition) is 1. The van der Waals surface area contributed by atoms with Gasteiger partial charge in [0.2, 0.25) is 0 Å². The van der Waals surface area contributed by atoms with Crippen LogP contribution < -0.4 is 5.32 Å². The Labute approximate surface area is 98.2 Å². The largest absolute Gasteiger partial charge is 0.305 e. The first-order valence-corrected chi connectivity index (χ1v) is 6.06. The first kappa shape index (κ1) is 11.2. The van der Waals surface area contributed by atoms with Crippen LogP contribution in [0.1, 0.15) is 24.2 Å². The molecular formula is C12H13FN2S. The van der Waals surface area contributed by atoms with Crippen molar-refractivity contribution in [1.82, 2.24) is 10.3 Å². The van der Waals surface area contributed by atoms with Gasteiger partial charge in [-0.1, -0.05) is 12.1 Å². The number of benzene rings is 1. The van der Waals surface area contributed by atoms with E-state index in [0.29, 0.717) is 0 Å². The molecule has 1 heterocycles. The van der Waals surface area contributed by atoms with E-state index in [-0.39, 0.29) is 11.9 Å². The molecule has 1 N–H and O–H groups in total. The van der Waals surface area contributed by atoms with Crippen molar-refractivity contribution < 1.29 is 4.39 Å². The molecule has 2 rings (SSSR count). The predicted molar refractivity (Wildman–Crippen MR) is 63.8 cm³/mol. The van der Waals surface area contributed by atoms with E-state index in [1.807, 2.05) is 10.9 Å². The van der Waals surface area contributed by atoms with E-state index in [1.54, 1.807) is 23.5 Å². The maximum Gasteiger partial charge on any atom is 0.123 e. The van der Waals surface area contributed by atoms with E-state index in [9.17, 15) is 4.39 Å². The highest BCUT2D eigenvalue weighted by Gasteiger charge is 2.05. The van der Waals surface area contributed by atoms with Gasteiger partial charge in [-0.15, -0.1) is 11.3 Å². The molecule has 0 radical (unpaired) electrons. The van der Waals surface area contributed by atoms with E-state index in [1.165, 1.54) is 12.1 Å². The summed E-state index contributed by atoms with van der Waals surface area (Å²) in [4.78, 5) is 4.19. The van der Waals surface area contributed by atoms with Gasteiger partial charge in [0.15, 0.2) is 0 Å². The lowest BCUT2D eigenvalue weighted by Crippen LogP contribution is -2.18. The molecule has 0 amide bonds. The molecule has 0 fully saturated rings. The summed E-state index contributed by atoms with van der Waals surface area (Å²) in [7, 11) is 0. The second-order valence-electron chi connectivity index (χ2n) is 3.63. The highest BCUT2D eigenvalue weighted by Crippen LogP contribution is 2.13. The zero-order valence-corrected chi connectivity index (χ0v) is 9.80. The van der Waals surface area contributed by atoms with Crippen molar-refractivity contribution in [2.45, 2.75) is 19.5 Å². The summed E-state index contributed by atoms with van der Waals surface area (Å²) in [6.07, 6.45) is 0. The number of hydrogen-bond acceptors (Lipinski definition) is 3. The number of nitrogens with zero attached hydrogens (tertiary/aromatic N) is 1. The molecule has 0 aliphatic rings.